The zero-order valence-corrected chi connectivity index (χ0v) is 13.6. The second kappa shape index (κ2) is 6.94. The lowest BCUT2D eigenvalue weighted by atomic mass is 9.78. The van der Waals surface area contributed by atoms with Crippen LogP contribution < -0.4 is 10.6 Å². The average Bonchev–Trinajstić information content (AvgIpc) is 2.50. The Balaban J connectivity index is 1.56. The minimum atomic E-state index is 0.369. The molecule has 116 valence electrons. The van der Waals surface area contributed by atoms with Crippen LogP contribution in [0.25, 0.3) is 0 Å². The molecule has 1 aromatic heterocycles. The molecule has 3 rings (SSSR count). The quantitative estimate of drug-likeness (QED) is 0.881. The second-order valence-corrected chi connectivity index (χ2v) is 7.04. The monoisotopic (exact) mass is 307 g/mol. The van der Waals surface area contributed by atoms with Crippen molar-refractivity contribution in [3.8, 4) is 0 Å². The fourth-order valence-electron chi connectivity index (χ4n) is 3.08. The summed E-state index contributed by atoms with van der Waals surface area (Å²) >= 11 is 1.92. The maximum atomic E-state index is 5.88. The molecule has 2 fully saturated rings. The van der Waals surface area contributed by atoms with Crippen LogP contribution in [0.15, 0.2) is 12.4 Å². The molecule has 1 aliphatic carbocycles. The van der Waals surface area contributed by atoms with Crippen molar-refractivity contribution < 1.29 is 0 Å². The first-order chi connectivity index (χ1) is 10.3. The molecular formula is C15H25N5S. The minimum absolute atomic E-state index is 0.369. The first-order valence-corrected chi connectivity index (χ1v) is 9.19. The van der Waals surface area contributed by atoms with Gasteiger partial charge in [0, 0.05) is 62.2 Å². The fourth-order valence-corrected chi connectivity index (χ4v) is 3.52. The highest BCUT2D eigenvalue weighted by atomic mass is 32.2. The van der Waals surface area contributed by atoms with Crippen LogP contribution in [0, 0.1) is 0 Å². The maximum Gasteiger partial charge on any atom is 0.132 e. The van der Waals surface area contributed by atoms with Crippen LogP contribution in [0.3, 0.4) is 0 Å². The van der Waals surface area contributed by atoms with Gasteiger partial charge in [-0.15, -0.1) is 0 Å². The van der Waals surface area contributed by atoms with Gasteiger partial charge in [-0.25, -0.2) is 9.97 Å². The molecule has 2 N–H and O–H groups in total. The molecule has 21 heavy (non-hydrogen) atoms. The van der Waals surface area contributed by atoms with Gasteiger partial charge in [0.05, 0.1) is 0 Å². The smallest absolute Gasteiger partial charge is 0.132 e. The molecule has 0 spiro atoms. The number of hydrogen-bond donors (Lipinski definition) is 1. The Kier molecular flexibility index (Phi) is 4.98. The Morgan fingerprint density at radius 2 is 2.00 bits per heavy atom. The minimum Gasteiger partial charge on any atom is -0.354 e. The van der Waals surface area contributed by atoms with Gasteiger partial charge >= 0.3 is 0 Å². The first kappa shape index (κ1) is 15.1. The summed E-state index contributed by atoms with van der Waals surface area (Å²) in [5.74, 6) is 2.86. The highest BCUT2D eigenvalue weighted by Gasteiger charge is 2.29. The van der Waals surface area contributed by atoms with Crippen molar-refractivity contribution in [1.82, 2.24) is 14.9 Å². The lowest BCUT2D eigenvalue weighted by molar-refractivity contribution is 0.272. The Hall–Kier alpha value is -0.850. The van der Waals surface area contributed by atoms with E-state index < -0.39 is 0 Å². The second-order valence-electron chi connectivity index (χ2n) is 6.05. The summed E-state index contributed by atoms with van der Waals surface area (Å²) in [5.41, 5.74) is 7.05. The van der Waals surface area contributed by atoms with Crippen molar-refractivity contribution in [3.63, 3.8) is 0 Å². The largest absolute Gasteiger partial charge is 0.354 e. The number of hydrogen-bond acceptors (Lipinski definition) is 6. The van der Waals surface area contributed by atoms with Crippen LogP contribution >= 0.6 is 11.8 Å². The summed E-state index contributed by atoms with van der Waals surface area (Å²) in [6.07, 6.45) is 6.03. The summed E-state index contributed by atoms with van der Waals surface area (Å²) in [6.45, 7) is 5.59. The van der Waals surface area contributed by atoms with E-state index in [4.69, 9.17) is 5.73 Å². The van der Waals surface area contributed by atoms with E-state index in [0.29, 0.717) is 12.0 Å². The molecule has 1 saturated heterocycles. The highest BCUT2D eigenvalue weighted by Crippen LogP contribution is 2.35. The number of thioether (sulfide) groups is 1. The summed E-state index contributed by atoms with van der Waals surface area (Å²) in [7, 11) is 0. The van der Waals surface area contributed by atoms with Gasteiger partial charge < -0.3 is 10.6 Å². The van der Waals surface area contributed by atoms with E-state index in [2.05, 4.69) is 32.1 Å². The molecule has 0 aromatic carbocycles. The van der Waals surface area contributed by atoms with Gasteiger partial charge in [0.1, 0.15) is 12.1 Å². The van der Waals surface area contributed by atoms with Crippen molar-refractivity contribution in [2.45, 2.75) is 24.8 Å². The number of aromatic nitrogens is 2. The third kappa shape index (κ3) is 3.67. The number of anilines is 1. The fraction of sp³-hybridized carbons (Fsp3) is 0.733. The van der Waals surface area contributed by atoms with E-state index in [9.17, 15) is 0 Å². The van der Waals surface area contributed by atoms with E-state index in [0.717, 1.165) is 44.8 Å². The lowest BCUT2D eigenvalue weighted by Crippen LogP contribution is -2.47. The summed E-state index contributed by atoms with van der Waals surface area (Å²) in [5, 5.41) is 0. The van der Waals surface area contributed by atoms with E-state index in [1.807, 2.05) is 11.8 Å². The molecule has 1 aromatic rings. The number of piperazine rings is 1. The lowest BCUT2D eigenvalue weighted by Gasteiger charge is -2.36. The average molecular weight is 307 g/mol. The zero-order chi connectivity index (χ0) is 14.7. The molecule has 1 aliphatic heterocycles. The summed E-state index contributed by atoms with van der Waals surface area (Å²) in [6, 6.07) is 2.54. The topological polar surface area (TPSA) is 58.3 Å². The molecule has 0 unspecified atom stereocenters. The molecule has 0 radical (unpaired) electrons. The third-order valence-corrected chi connectivity index (χ3v) is 5.17. The van der Waals surface area contributed by atoms with Crippen LogP contribution in [-0.2, 0) is 0 Å². The van der Waals surface area contributed by atoms with E-state index in [-0.39, 0.29) is 0 Å². The van der Waals surface area contributed by atoms with Crippen LogP contribution in [0.4, 0.5) is 5.82 Å². The normalized spacial score (nSPS) is 26.7. The molecule has 2 aliphatic rings. The van der Waals surface area contributed by atoms with Gasteiger partial charge in [-0.05, 0) is 19.1 Å². The summed E-state index contributed by atoms with van der Waals surface area (Å²) in [4.78, 5) is 13.8. The molecule has 1 saturated carbocycles. The number of rotatable bonds is 5. The van der Waals surface area contributed by atoms with Crippen LogP contribution in [0.5, 0.6) is 0 Å². The SMILES string of the molecule is CSCCN1CCN(c2cc(C3CC(N)C3)ncn2)CC1. The van der Waals surface area contributed by atoms with Crippen molar-refractivity contribution in [3.05, 3.63) is 18.1 Å². The third-order valence-electron chi connectivity index (χ3n) is 4.57. The molecule has 2 heterocycles. The maximum absolute atomic E-state index is 5.88. The van der Waals surface area contributed by atoms with Gasteiger partial charge in [-0.3, -0.25) is 4.90 Å². The van der Waals surface area contributed by atoms with Gasteiger partial charge in [0.2, 0.25) is 0 Å². The number of nitrogens with two attached hydrogens (primary N) is 1. The van der Waals surface area contributed by atoms with Gasteiger partial charge in [-0.2, -0.15) is 11.8 Å². The highest BCUT2D eigenvalue weighted by molar-refractivity contribution is 7.98. The van der Waals surface area contributed by atoms with Crippen molar-refractivity contribution in [1.29, 1.82) is 0 Å². The van der Waals surface area contributed by atoms with Crippen molar-refractivity contribution in [2.75, 3.05) is 49.6 Å². The first-order valence-electron chi connectivity index (χ1n) is 7.80. The van der Waals surface area contributed by atoms with E-state index in [1.54, 1.807) is 6.33 Å². The van der Waals surface area contributed by atoms with Crippen molar-refractivity contribution in [2.24, 2.45) is 5.73 Å². The van der Waals surface area contributed by atoms with E-state index >= 15 is 0 Å². The Morgan fingerprint density at radius 1 is 1.24 bits per heavy atom. The van der Waals surface area contributed by atoms with Crippen LogP contribution in [0.2, 0.25) is 0 Å². The summed E-state index contributed by atoms with van der Waals surface area (Å²) < 4.78 is 0. The predicted octanol–water partition coefficient (Wildman–Crippen LogP) is 1.17. The molecule has 0 amide bonds. The predicted molar refractivity (Wildman–Crippen MR) is 89.0 cm³/mol. The van der Waals surface area contributed by atoms with Gasteiger partial charge in [0.25, 0.3) is 0 Å². The molecule has 6 heteroatoms. The molecular weight excluding hydrogens is 282 g/mol. The Labute approximate surface area is 131 Å². The molecule has 0 bridgehead atoms. The standard InChI is InChI=1S/C15H25N5S/c1-21-7-6-19-2-4-20(5-3-19)15-10-14(17-11-18-15)12-8-13(16)9-12/h10-13H,2-9,16H2,1H3. The zero-order valence-electron chi connectivity index (χ0n) is 12.7. The van der Waals surface area contributed by atoms with Crippen LogP contribution in [-0.4, -0.2) is 65.6 Å². The van der Waals surface area contributed by atoms with Crippen molar-refractivity contribution >= 4 is 17.6 Å². The molecule has 5 nitrogen and oxygen atoms in total. The Morgan fingerprint density at radius 3 is 2.67 bits per heavy atom. The van der Waals surface area contributed by atoms with Crippen LogP contribution in [0.1, 0.15) is 24.5 Å². The molecule has 0 atom stereocenters. The Bertz CT molecular complexity index is 455. The number of nitrogens with zero attached hydrogens (tertiary/aromatic N) is 4. The van der Waals surface area contributed by atoms with E-state index in [1.165, 1.54) is 18.0 Å². The van der Waals surface area contributed by atoms with Gasteiger partial charge in [-0.1, -0.05) is 0 Å². The van der Waals surface area contributed by atoms with Gasteiger partial charge in [0.15, 0.2) is 0 Å².